The van der Waals surface area contributed by atoms with Gasteiger partial charge in [0.15, 0.2) is 0 Å². The maximum atomic E-state index is 11.1. The maximum Gasteiger partial charge on any atom is 0.308 e. The molecule has 3 nitrogen and oxygen atoms in total. The number of hydrogen-bond donors (Lipinski definition) is 1. The molecule has 0 saturated heterocycles. The third-order valence-electron chi connectivity index (χ3n) is 3.36. The minimum absolute atomic E-state index is 0.0311. The van der Waals surface area contributed by atoms with Crippen LogP contribution in [-0.2, 0) is 11.2 Å². The molecule has 1 heterocycles. The number of thiazole rings is 1. The smallest absolute Gasteiger partial charge is 0.308 e. The first-order valence-corrected chi connectivity index (χ1v) is 8.52. The van der Waals surface area contributed by atoms with Crippen LogP contribution in [0.5, 0.6) is 0 Å². The summed E-state index contributed by atoms with van der Waals surface area (Å²) in [6.07, 6.45) is 3.80. The Morgan fingerprint density at radius 3 is 2.46 bits per heavy atom. The number of rotatable bonds is 5. The minimum Gasteiger partial charge on any atom is -0.481 e. The Bertz CT molecular complexity index is 870. The van der Waals surface area contributed by atoms with Crippen molar-refractivity contribution in [2.24, 2.45) is 0 Å². The summed E-state index contributed by atoms with van der Waals surface area (Å²) in [4.78, 5) is 16.5. The highest BCUT2D eigenvalue weighted by molar-refractivity contribution is 7.13. The van der Waals surface area contributed by atoms with Gasteiger partial charge in [-0.3, -0.25) is 4.79 Å². The molecule has 0 aliphatic heterocycles. The lowest BCUT2D eigenvalue weighted by Crippen LogP contribution is -1.99. The van der Waals surface area contributed by atoms with E-state index in [0.29, 0.717) is 5.02 Å². The Labute approximate surface area is 148 Å². The predicted molar refractivity (Wildman–Crippen MR) is 99.3 cm³/mol. The van der Waals surface area contributed by atoms with Crippen molar-refractivity contribution in [1.29, 1.82) is 0 Å². The van der Waals surface area contributed by atoms with E-state index in [2.05, 4.69) is 4.98 Å². The summed E-state index contributed by atoms with van der Waals surface area (Å²) in [5.74, 6) is -0.857. The first-order valence-electron chi connectivity index (χ1n) is 7.32. The Hall–Kier alpha value is -2.43. The number of aliphatic carboxylic acids is 1. The van der Waals surface area contributed by atoms with E-state index < -0.39 is 5.97 Å². The molecule has 0 amide bonds. The first kappa shape index (κ1) is 16.4. The third kappa shape index (κ3) is 4.10. The average molecular weight is 356 g/mol. The van der Waals surface area contributed by atoms with Gasteiger partial charge in [-0.25, -0.2) is 4.98 Å². The molecule has 0 unspecified atom stereocenters. The van der Waals surface area contributed by atoms with E-state index in [1.807, 2.05) is 66.7 Å². The monoisotopic (exact) mass is 355 g/mol. The van der Waals surface area contributed by atoms with Crippen molar-refractivity contribution in [3.05, 3.63) is 75.1 Å². The fraction of sp³-hybridized carbons (Fsp3) is 0.0526. The predicted octanol–water partition coefficient (Wildman–Crippen LogP) is 5.26. The summed E-state index contributed by atoms with van der Waals surface area (Å²) in [5, 5.41) is 10.6. The van der Waals surface area contributed by atoms with Gasteiger partial charge in [0.1, 0.15) is 5.01 Å². The van der Waals surface area contributed by atoms with Crippen molar-refractivity contribution in [3.63, 3.8) is 0 Å². The maximum absolute atomic E-state index is 11.1. The lowest BCUT2D eigenvalue weighted by molar-refractivity contribution is -0.136. The molecule has 0 fully saturated rings. The van der Waals surface area contributed by atoms with E-state index in [1.54, 1.807) is 0 Å². The molecular formula is C19H14ClNO2S. The van der Waals surface area contributed by atoms with Gasteiger partial charge in [-0.2, -0.15) is 0 Å². The van der Waals surface area contributed by atoms with Gasteiger partial charge in [0.05, 0.1) is 12.1 Å². The van der Waals surface area contributed by atoms with Crippen molar-refractivity contribution in [2.45, 2.75) is 6.42 Å². The van der Waals surface area contributed by atoms with Crippen LogP contribution >= 0.6 is 22.9 Å². The molecule has 1 aromatic heterocycles. The van der Waals surface area contributed by atoms with E-state index in [1.165, 1.54) is 11.3 Å². The molecule has 0 radical (unpaired) electrons. The summed E-state index contributed by atoms with van der Waals surface area (Å²) in [6, 6.07) is 17.1. The number of aromatic nitrogens is 1. The van der Waals surface area contributed by atoms with E-state index in [0.717, 1.165) is 26.7 Å². The molecule has 3 rings (SSSR count). The summed E-state index contributed by atoms with van der Waals surface area (Å²) in [5.41, 5.74) is 2.67. The highest BCUT2D eigenvalue weighted by atomic mass is 35.5. The Morgan fingerprint density at radius 1 is 1.08 bits per heavy atom. The topological polar surface area (TPSA) is 50.2 Å². The van der Waals surface area contributed by atoms with Crippen LogP contribution in [0, 0.1) is 0 Å². The number of carbonyl (C=O) groups is 1. The van der Waals surface area contributed by atoms with Crippen LogP contribution in [-0.4, -0.2) is 16.1 Å². The molecule has 0 aliphatic carbocycles. The number of hydrogen-bond acceptors (Lipinski definition) is 3. The van der Waals surface area contributed by atoms with Gasteiger partial charge in [0.25, 0.3) is 0 Å². The second kappa shape index (κ2) is 7.43. The molecule has 0 bridgehead atoms. The molecular weight excluding hydrogens is 342 g/mol. The first-order chi connectivity index (χ1) is 11.6. The largest absolute Gasteiger partial charge is 0.481 e. The van der Waals surface area contributed by atoms with E-state index in [9.17, 15) is 4.79 Å². The van der Waals surface area contributed by atoms with Gasteiger partial charge in [0, 0.05) is 15.5 Å². The van der Waals surface area contributed by atoms with Gasteiger partial charge in [-0.1, -0.05) is 60.1 Å². The highest BCUT2D eigenvalue weighted by Crippen LogP contribution is 2.29. The molecule has 5 heteroatoms. The van der Waals surface area contributed by atoms with E-state index in [-0.39, 0.29) is 6.42 Å². The van der Waals surface area contributed by atoms with Crippen molar-refractivity contribution in [3.8, 4) is 11.3 Å². The molecule has 24 heavy (non-hydrogen) atoms. The van der Waals surface area contributed by atoms with Gasteiger partial charge in [-0.15, -0.1) is 11.3 Å². The molecule has 2 aromatic carbocycles. The molecule has 0 spiro atoms. The lowest BCUT2D eigenvalue weighted by atomic mass is 10.1. The van der Waals surface area contributed by atoms with Gasteiger partial charge in [-0.05, 0) is 23.8 Å². The number of benzene rings is 2. The number of carboxylic acid groups (broad SMARTS) is 1. The van der Waals surface area contributed by atoms with Crippen LogP contribution < -0.4 is 0 Å². The molecule has 3 aromatic rings. The van der Waals surface area contributed by atoms with Crippen molar-refractivity contribution < 1.29 is 9.90 Å². The Balaban J connectivity index is 1.93. The minimum atomic E-state index is -0.857. The average Bonchev–Trinajstić information content (AvgIpc) is 2.97. The Morgan fingerprint density at radius 2 is 1.79 bits per heavy atom. The van der Waals surface area contributed by atoms with Crippen LogP contribution in [0.1, 0.15) is 15.4 Å². The fourth-order valence-electron chi connectivity index (χ4n) is 2.26. The van der Waals surface area contributed by atoms with Crippen LogP contribution in [0.3, 0.4) is 0 Å². The summed E-state index contributed by atoms with van der Waals surface area (Å²) < 4.78 is 0. The highest BCUT2D eigenvalue weighted by Gasteiger charge is 2.14. The summed E-state index contributed by atoms with van der Waals surface area (Å²) in [7, 11) is 0. The van der Waals surface area contributed by atoms with Gasteiger partial charge < -0.3 is 5.11 Å². The second-order valence-corrected chi connectivity index (χ2v) is 6.70. The van der Waals surface area contributed by atoms with Crippen molar-refractivity contribution in [2.75, 3.05) is 0 Å². The standard InChI is InChI=1S/C19H14ClNO2S/c20-15-9-6-13(7-10-15)8-11-17-21-19(14-4-2-1-3-5-14)16(24-17)12-18(22)23/h1-11H,12H2,(H,22,23)/b11-8+. The molecule has 0 saturated carbocycles. The number of nitrogens with zero attached hydrogens (tertiary/aromatic N) is 1. The molecule has 1 N–H and O–H groups in total. The van der Waals surface area contributed by atoms with E-state index in [4.69, 9.17) is 16.7 Å². The third-order valence-corrected chi connectivity index (χ3v) is 4.63. The SMILES string of the molecule is O=C(O)Cc1sc(/C=C/c2ccc(Cl)cc2)nc1-c1ccccc1. The van der Waals surface area contributed by atoms with Crippen LogP contribution in [0.15, 0.2) is 54.6 Å². The van der Waals surface area contributed by atoms with Crippen LogP contribution in [0.25, 0.3) is 23.4 Å². The fourth-order valence-corrected chi connectivity index (χ4v) is 3.37. The molecule has 0 atom stereocenters. The molecule has 120 valence electrons. The zero-order valence-corrected chi connectivity index (χ0v) is 14.2. The van der Waals surface area contributed by atoms with Crippen molar-refractivity contribution in [1.82, 2.24) is 4.98 Å². The lowest BCUT2D eigenvalue weighted by Gasteiger charge is -1.99. The second-order valence-electron chi connectivity index (χ2n) is 5.15. The molecule has 0 aliphatic rings. The normalized spacial score (nSPS) is 11.0. The zero-order chi connectivity index (χ0) is 16.9. The Kier molecular flexibility index (Phi) is 5.08. The zero-order valence-electron chi connectivity index (χ0n) is 12.6. The van der Waals surface area contributed by atoms with Gasteiger partial charge in [0.2, 0.25) is 0 Å². The summed E-state index contributed by atoms with van der Waals surface area (Å²) in [6.45, 7) is 0. The van der Waals surface area contributed by atoms with E-state index >= 15 is 0 Å². The van der Waals surface area contributed by atoms with Crippen LogP contribution in [0.4, 0.5) is 0 Å². The van der Waals surface area contributed by atoms with Crippen molar-refractivity contribution >= 4 is 41.1 Å². The summed E-state index contributed by atoms with van der Waals surface area (Å²) >= 11 is 7.28. The number of halogens is 1. The van der Waals surface area contributed by atoms with Gasteiger partial charge >= 0.3 is 5.97 Å². The number of carboxylic acids is 1. The quantitative estimate of drug-likeness (QED) is 0.679. The van der Waals surface area contributed by atoms with Crippen LogP contribution in [0.2, 0.25) is 5.02 Å².